The number of hydrogen-bond acceptors (Lipinski definition) is 4. The number of hydrogen-bond donors (Lipinski definition) is 2. The minimum absolute atomic E-state index is 0.120. The van der Waals surface area contributed by atoms with E-state index in [4.69, 9.17) is 0 Å². The highest BCUT2D eigenvalue weighted by Crippen LogP contribution is 2.37. The topological polar surface area (TPSA) is 98.8 Å². The molecule has 0 aromatic heterocycles. The van der Waals surface area contributed by atoms with Crippen molar-refractivity contribution in [3.05, 3.63) is 29.3 Å². The van der Waals surface area contributed by atoms with Crippen molar-refractivity contribution in [1.82, 2.24) is 15.1 Å². The molecule has 4 rings (SSSR count). The first kappa shape index (κ1) is 20.4. The third-order valence-electron chi connectivity index (χ3n) is 7.00. The number of imide groups is 1. The van der Waals surface area contributed by atoms with Gasteiger partial charge >= 0.3 is 6.03 Å². The van der Waals surface area contributed by atoms with Gasteiger partial charge in [0, 0.05) is 37.3 Å². The van der Waals surface area contributed by atoms with Gasteiger partial charge in [0.15, 0.2) is 0 Å². The van der Waals surface area contributed by atoms with Crippen molar-refractivity contribution in [1.29, 1.82) is 0 Å². The summed E-state index contributed by atoms with van der Waals surface area (Å²) in [6.07, 6.45) is 3.70. The van der Waals surface area contributed by atoms with Gasteiger partial charge in [-0.1, -0.05) is 13.8 Å². The Hall–Kier alpha value is -2.90. The maximum absolute atomic E-state index is 12.8. The standard InChI is InChI=1S/C22H28N4O4/c1-3-22(4-2)9-10-25(13-22)21(30)23-15-5-6-16-14(11-15)12-26(20(16)29)17-7-8-18(27)24-19(17)28/h5-6,11,17H,3-4,7-10,12-13H2,1-2H3,(H,23,30)(H,24,27,28). The van der Waals surface area contributed by atoms with E-state index in [1.807, 2.05) is 4.90 Å². The predicted octanol–water partition coefficient (Wildman–Crippen LogP) is 2.49. The van der Waals surface area contributed by atoms with Crippen LogP contribution >= 0.6 is 0 Å². The minimum atomic E-state index is -0.638. The van der Waals surface area contributed by atoms with Gasteiger partial charge in [-0.05, 0) is 54.9 Å². The van der Waals surface area contributed by atoms with Gasteiger partial charge in [0.2, 0.25) is 11.8 Å². The normalized spacial score (nSPS) is 22.9. The molecule has 2 saturated heterocycles. The molecule has 3 heterocycles. The Labute approximate surface area is 176 Å². The van der Waals surface area contributed by atoms with Crippen LogP contribution in [0.2, 0.25) is 0 Å². The molecule has 3 aliphatic rings. The summed E-state index contributed by atoms with van der Waals surface area (Å²) in [7, 11) is 0. The monoisotopic (exact) mass is 412 g/mol. The molecule has 160 valence electrons. The first-order valence-electron chi connectivity index (χ1n) is 10.7. The fourth-order valence-corrected chi connectivity index (χ4v) is 4.79. The molecule has 8 nitrogen and oxygen atoms in total. The quantitative estimate of drug-likeness (QED) is 0.742. The number of benzene rings is 1. The summed E-state index contributed by atoms with van der Waals surface area (Å²) >= 11 is 0. The maximum atomic E-state index is 12.8. The molecule has 2 fully saturated rings. The van der Waals surface area contributed by atoms with Crippen LogP contribution in [0.5, 0.6) is 0 Å². The van der Waals surface area contributed by atoms with Crippen LogP contribution in [-0.2, 0) is 16.1 Å². The van der Waals surface area contributed by atoms with E-state index >= 15 is 0 Å². The van der Waals surface area contributed by atoms with Crippen molar-refractivity contribution in [2.24, 2.45) is 5.41 Å². The summed E-state index contributed by atoms with van der Waals surface area (Å²) in [5.41, 5.74) is 2.17. The molecule has 3 aliphatic heterocycles. The predicted molar refractivity (Wildman–Crippen MR) is 111 cm³/mol. The smallest absolute Gasteiger partial charge is 0.321 e. The van der Waals surface area contributed by atoms with E-state index < -0.39 is 11.9 Å². The molecule has 30 heavy (non-hydrogen) atoms. The summed E-state index contributed by atoms with van der Waals surface area (Å²) in [5, 5.41) is 5.26. The molecular weight excluding hydrogens is 384 g/mol. The summed E-state index contributed by atoms with van der Waals surface area (Å²) in [4.78, 5) is 52.4. The van der Waals surface area contributed by atoms with Gasteiger partial charge in [0.1, 0.15) is 6.04 Å². The third-order valence-corrected chi connectivity index (χ3v) is 7.00. The van der Waals surface area contributed by atoms with Crippen LogP contribution in [0, 0.1) is 5.41 Å². The molecule has 1 aromatic carbocycles. The number of nitrogens with zero attached hydrogens (tertiary/aromatic N) is 2. The number of rotatable bonds is 4. The first-order valence-corrected chi connectivity index (χ1v) is 10.7. The second-order valence-corrected chi connectivity index (χ2v) is 8.58. The second kappa shape index (κ2) is 7.74. The molecular formula is C22H28N4O4. The highest BCUT2D eigenvalue weighted by atomic mass is 16.2. The fraction of sp³-hybridized carbons (Fsp3) is 0.545. The van der Waals surface area contributed by atoms with Crippen molar-refractivity contribution in [2.75, 3.05) is 18.4 Å². The number of urea groups is 1. The van der Waals surface area contributed by atoms with Gasteiger partial charge < -0.3 is 15.1 Å². The SMILES string of the molecule is CCC1(CC)CCN(C(=O)Nc2ccc3c(c2)CN(C2CCC(=O)NC2=O)C3=O)C1. The van der Waals surface area contributed by atoms with Crippen molar-refractivity contribution in [3.63, 3.8) is 0 Å². The summed E-state index contributed by atoms with van der Waals surface area (Å²) in [6.45, 7) is 6.16. The molecule has 5 amide bonds. The Kier molecular flexibility index (Phi) is 5.26. The molecule has 1 aromatic rings. The number of anilines is 1. The number of fused-ring (bicyclic) bond motifs is 1. The summed E-state index contributed by atoms with van der Waals surface area (Å²) in [6, 6.07) is 4.48. The van der Waals surface area contributed by atoms with E-state index in [2.05, 4.69) is 24.5 Å². The largest absolute Gasteiger partial charge is 0.324 e. The Morgan fingerprint density at radius 2 is 2.00 bits per heavy atom. The second-order valence-electron chi connectivity index (χ2n) is 8.58. The Morgan fingerprint density at radius 3 is 2.67 bits per heavy atom. The van der Waals surface area contributed by atoms with Gasteiger partial charge in [0.25, 0.3) is 5.91 Å². The van der Waals surface area contributed by atoms with Crippen LogP contribution in [0.15, 0.2) is 18.2 Å². The molecule has 1 unspecified atom stereocenters. The summed E-state index contributed by atoms with van der Waals surface area (Å²) < 4.78 is 0. The molecule has 0 aliphatic carbocycles. The number of carbonyl (C=O) groups is 4. The zero-order valence-electron chi connectivity index (χ0n) is 17.5. The van der Waals surface area contributed by atoms with Gasteiger partial charge in [0.05, 0.1) is 0 Å². The summed E-state index contributed by atoms with van der Waals surface area (Å²) in [5.74, 6) is -0.944. The van der Waals surface area contributed by atoms with Crippen LogP contribution in [-0.4, -0.2) is 52.7 Å². The van der Waals surface area contributed by atoms with Crippen LogP contribution < -0.4 is 10.6 Å². The zero-order chi connectivity index (χ0) is 21.5. The number of piperidine rings is 1. The lowest BCUT2D eigenvalue weighted by molar-refractivity contribution is -0.136. The fourth-order valence-electron chi connectivity index (χ4n) is 4.79. The van der Waals surface area contributed by atoms with Crippen LogP contribution in [0.4, 0.5) is 10.5 Å². The average Bonchev–Trinajstić information content (AvgIpc) is 3.30. The molecule has 1 atom stereocenters. The van der Waals surface area contributed by atoms with E-state index in [9.17, 15) is 19.2 Å². The third kappa shape index (κ3) is 3.55. The highest BCUT2D eigenvalue weighted by Gasteiger charge is 2.40. The number of nitrogens with one attached hydrogen (secondary N) is 2. The maximum Gasteiger partial charge on any atom is 0.321 e. The zero-order valence-corrected chi connectivity index (χ0v) is 17.5. The molecule has 0 bridgehead atoms. The van der Waals surface area contributed by atoms with E-state index in [1.165, 1.54) is 4.90 Å². The van der Waals surface area contributed by atoms with Crippen molar-refractivity contribution in [2.45, 2.75) is 58.5 Å². The van der Waals surface area contributed by atoms with E-state index in [-0.39, 0.29) is 29.7 Å². The lowest BCUT2D eigenvalue weighted by atomic mass is 9.82. The minimum Gasteiger partial charge on any atom is -0.324 e. The number of carbonyl (C=O) groups excluding carboxylic acids is 4. The Balaban J connectivity index is 1.44. The average molecular weight is 412 g/mol. The molecule has 0 saturated carbocycles. The van der Waals surface area contributed by atoms with Gasteiger partial charge in [-0.15, -0.1) is 0 Å². The Morgan fingerprint density at radius 1 is 1.23 bits per heavy atom. The van der Waals surface area contributed by atoms with Gasteiger partial charge in [-0.3, -0.25) is 19.7 Å². The van der Waals surface area contributed by atoms with E-state index in [1.54, 1.807) is 18.2 Å². The molecule has 2 N–H and O–H groups in total. The lowest BCUT2D eigenvalue weighted by Gasteiger charge is -2.29. The number of amides is 5. The van der Waals surface area contributed by atoms with Crippen molar-refractivity contribution < 1.29 is 19.2 Å². The van der Waals surface area contributed by atoms with Crippen molar-refractivity contribution >= 4 is 29.4 Å². The van der Waals surface area contributed by atoms with Crippen LogP contribution in [0.25, 0.3) is 0 Å². The molecule has 8 heteroatoms. The molecule has 0 radical (unpaired) electrons. The van der Waals surface area contributed by atoms with Gasteiger partial charge in [-0.2, -0.15) is 0 Å². The van der Waals surface area contributed by atoms with Crippen LogP contribution in [0.3, 0.4) is 0 Å². The molecule has 0 spiro atoms. The number of likely N-dealkylation sites (tertiary alicyclic amines) is 1. The van der Waals surface area contributed by atoms with Gasteiger partial charge in [-0.25, -0.2) is 4.79 Å². The highest BCUT2D eigenvalue weighted by molar-refractivity contribution is 6.05. The first-order chi connectivity index (χ1) is 14.4. The van der Waals surface area contributed by atoms with Crippen molar-refractivity contribution in [3.8, 4) is 0 Å². The lowest BCUT2D eigenvalue weighted by Crippen LogP contribution is -2.52. The Bertz CT molecular complexity index is 908. The van der Waals surface area contributed by atoms with E-state index in [0.717, 1.165) is 37.9 Å². The van der Waals surface area contributed by atoms with Crippen LogP contribution in [0.1, 0.15) is 61.9 Å². The van der Waals surface area contributed by atoms with E-state index in [0.29, 0.717) is 24.2 Å².